The Morgan fingerprint density at radius 3 is 2.60 bits per heavy atom. The van der Waals surface area contributed by atoms with Gasteiger partial charge in [-0.25, -0.2) is 0 Å². The van der Waals surface area contributed by atoms with E-state index in [4.69, 9.17) is 10.5 Å². The van der Waals surface area contributed by atoms with Gasteiger partial charge in [0.1, 0.15) is 0 Å². The second-order valence-electron chi connectivity index (χ2n) is 4.90. The molecule has 112 valence electrons. The molecular formula is C16H26N2O2. The standard InChI is InChI=1S/C16H26N2O2/c1-3-13(10-17)9-16(19)18-11-14-7-5-6-8-15(14)12-20-4-2/h5-8,13H,3-4,9-12,17H2,1-2H3,(H,18,19). The Balaban J connectivity index is 2.50. The molecule has 0 bridgehead atoms. The molecule has 1 unspecified atom stereocenters. The summed E-state index contributed by atoms with van der Waals surface area (Å²) in [5.41, 5.74) is 7.85. The summed E-state index contributed by atoms with van der Waals surface area (Å²) in [6, 6.07) is 8.02. The minimum Gasteiger partial charge on any atom is -0.377 e. The van der Waals surface area contributed by atoms with Gasteiger partial charge in [-0.05, 0) is 30.5 Å². The van der Waals surface area contributed by atoms with Crippen LogP contribution in [0.5, 0.6) is 0 Å². The zero-order valence-corrected chi connectivity index (χ0v) is 12.5. The highest BCUT2D eigenvalue weighted by Crippen LogP contribution is 2.11. The van der Waals surface area contributed by atoms with Crippen LogP contribution in [0.25, 0.3) is 0 Å². The number of hydrogen-bond acceptors (Lipinski definition) is 3. The van der Waals surface area contributed by atoms with E-state index in [2.05, 4.69) is 12.2 Å². The van der Waals surface area contributed by atoms with E-state index < -0.39 is 0 Å². The molecule has 0 aliphatic rings. The molecule has 0 aliphatic carbocycles. The van der Waals surface area contributed by atoms with Gasteiger partial charge in [-0.15, -0.1) is 0 Å². The van der Waals surface area contributed by atoms with Crippen LogP contribution in [0, 0.1) is 5.92 Å². The van der Waals surface area contributed by atoms with Crippen molar-refractivity contribution in [2.45, 2.75) is 39.8 Å². The lowest BCUT2D eigenvalue weighted by atomic mass is 10.0. The highest BCUT2D eigenvalue weighted by molar-refractivity contribution is 5.76. The van der Waals surface area contributed by atoms with Gasteiger partial charge in [-0.3, -0.25) is 4.79 Å². The maximum atomic E-state index is 11.9. The molecular weight excluding hydrogens is 252 g/mol. The zero-order valence-electron chi connectivity index (χ0n) is 12.5. The summed E-state index contributed by atoms with van der Waals surface area (Å²) in [7, 11) is 0. The summed E-state index contributed by atoms with van der Waals surface area (Å²) < 4.78 is 5.44. The quantitative estimate of drug-likeness (QED) is 0.728. The van der Waals surface area contributed by atoms with Crippen molar-refractivity contribution in [2.75, 3.05) is 13.2 Å². The van der Waals surface area contributed by atoms with Crippen LogP contribution in [-0.4, -0.2) is 19.1 Å². The van der Waals surface area contributed by atoms with Crippen LogP contribution in [-0.2, 0) is 22.7 Å². The molecule has 1 aromatic rings. The van der Waals surface area contributed by atoms with Gasteiger partial charge in [0.05, 0.1) is 6.61 Å². The molecule has 1 amide bonds. The van der Waals surface area contributed by atoms with Gasteiger partial charge in [0.2, 0.25) is 5.91 Å². The lowest BCUT2D eigenvalue weighted by molar-refractivity contribution is -0.122. The Morgan fingerprint density at radius 2 is 2.00 bits per heavy atom. The first-order valence-electron chi connectivity index (χ1n) is 7.32. The zero-order chi connectivity index (χ0) is 14.8. The largest absolute Gasteiger partial charge is 0.377 e. The summed E-state index contributed by atoms with van der Waals surface area (Å²) in [5, 5.41) is 2.96. The molecule has 0 spiro atoms. The molecule has 20 heavy (non-hydrogen) atoms. The van der Waals surface area contributed by atoms with E-state index >= 15 is 0 Å². The van der Waals surface area contributed by atoms with Crippen LogP contribution in [0.3, 0.4) is 0 Å². The number of nitrogens with one attached hydrogen (secondary N) is 1. The van der Waals surface area contributed by atoms with E-state index in [1.54, 1.807) is 0 Å². The fourth-order valence-corrected chi connectivity index (χ4v) is 2.01. The molecule has 0 heterocycles. The molecule has 1 atom stereocenters. The first-order chi connectivity index (χ1) is 9.71. The van der Waals surface area contributed by atoms with Crippen LogP contribution in [0.15, 0.2) is 24.3 Å². The minimum atomic E-state index is 0.0634. The van der Waals surface area contributed by atoms with E-state index in [0.717, 1.165) is 17.5 Å². The highest BCUT2D eigenvalue weighted by Gasteiger charge is 2.10. The van der Waals surface area contributed by atoms with Crippen molar-refractivity contribution in [3.63, 3.8) is 0 Å². The van der Waals surface area contributed by atoms with E-state index in [1.807, 2.05) is 31.2 Å². The highest BCUT2D eigenvalue weighted by atomic mass is 16.5. The summed E-state index contributed by atoms with van der Waals surface area (Å²) in [4.78, 5) is 11.9. The molecule has 1 rings (SSSR count). The maximum Gasteiger partial charge on any atom is 0.220 e. The molecule has 0 radical (unpaired) electrons. The Kier molecular flexibility index (Phi) is 7.92. The van der Waals surface area contributed by atoms with Crippen molar-refractivity contribution in [3.05, 3.63) is 35.4 Å². The van der Waals surface area contributed by atoms with Gasteiger partial charge in [0.25, 0.3) is 0 Å². The van der Waals surface area contributed by atoms with Crippen molar-refractivity contribution in [1.82, 2.24) is 5.32 Å². The Morgan fingerprint density at radius 1 is 1.30 bits per heavy atom. The summed E-state index contributed by atoms with van der Waals surface area (Å²) in [6.45, 7) is 6.41. The average Bonchev–Trinajstić information content (AvgIpc) is 2.49. The lowest BCUT2D eigenvalue weighted by Crippen LogP contribution is -2.28. The average molecular weight is 278 g/mol. The first-order valence-corrected chi connectivity index (χ1v) is 7.32. The Labute approximate surface area is 121 Å². The van der Waals surface area contributed by atoms with E-state index in [9.17, 15) is 4.79 Å². The topological polar surface area (TPSA) is 64.3 Å². The molecule has 0 saturated heterocycles. The Bertz CT molecular complexity index is 403. The third kappa shape index (κ3) is 5.72. The van der Waals surface area contributed by atoms with E-state index in [1.165, 1.54) is 0 Å². The van der Waals surface area contributed by atoms with Crippen molar-refractivity contribution in [3.8, 4) is 0 Å². The number of nitrogens with two attached hydrogens (primary N) is 1. The minimum absolute atomic E-state index is 0.0634. The summed E-state index contributed by atoms with van der Waals surface area (Å²) in [6.07, 6.45) is 1.44. The van der Waals surface area contributed by atoms with Gasteiger partial charge < -0.3 is 15.8 Å². The van der Waals surface area contributed by atoms with Gasteiger partial charge in [-0.1, -0.05) is 37.6 Å². The number of amides is 1. The van der Waals surface area contributed by atoms with Crippen LogP contribution >= 0.6 is 0 Å². The number of benzene rings is 1. The smallest absolute Gasteiger partial charge is 0.220 e. The van der Waals surface area contributed by atoms with Crippen molar-refractivity contribution in [2.24, 2.45) is 11.7 Å². The van der Waals surface area contributed by atoms with Crippen molar-refractivity contribution in [1.29, 1.82) is 0 Å². The summed E-state index contributed by atoms with van der Waals surface area (Å²) >= 11 is 0. The molecule has 0 fully saturated rings. The first kappa shape index (κ1) is 16.7. The monoisotopic (exact) mass is 278 g/mol. The number of hydrogen-bond donors (Lipinski definition) is 2. The number of carbonyl (C=O) groups is 1. The number of carbonyl (C=O) groups excluding carboxylic acids is 1. The fourth-order valence-electron chi connectivity index (χ4n) is 2.01. The van der Waals surface area contributed by atoms with Crippen LogP contribution < -0.4 is 11.1 Å². The lowest BCUT2D eigenvalue weighted by Gasteiger charge is -2.13. The van der Waals surface area contributed by atoms with Gasteiger partial charge >= 0.3 is 0 Å². The molecule has 4 nitrogen and oxygen atoms in total. The van der Waals surface area contributed by atoms with Crippen LogP contribution in [0.2, 0.25) is 0 Å². The normalized spacial score (nSPS) is 12.2. The second kappa shape index (κ2) is 9.50. The third-order valence-electron chi connectivity index (χ3n) is 3.44. The molecule has 4 heteroatoms. The number of rotatable bonds is 9. The van der Waals surface area contributed by atoms with Gasteiger partial charge in [0.15, 0.2) is 0 Å². The maximum absolute atomic E-state index is 11.9. The van der Waals surface area contributed by atoms with Gasteiger partial charge in [0, 0.05) is 19.6 Å². The van der Waals surface area contributed by atoms with Crippen LogP contribution in [0.4, 0.5) is 0 Å². The van der Waals surface area contributed by atoms with E-state index in [-0.39, 0.29) is 11.8 Å². The molecule has 3 N–H and O–H groups in total. The van der Waals surface area contributed by atoms with Gasteiger partial charge in [-0.2, -0.15) is 0 Å². The van der Waals surface area contributed by atoms with Crippen molar-refractivity contribution < 1.29 is 9.53 Å². The SMILES string of the molecule is CCOCc1ccccc1CNC(=O)CC(CC)CN. The molecule has 0 aliphatic heterocycles. The fraction of sp³-hybridized carbons (Fsp3) is 0.562. The second-order valence-corrected chi connectivity index (χ2v) is 4.90. The number of ether oxygens (including phenoxy) is 1. The summed E-state index contributed by atoms with van der Waals surface area (Å²) in [5.74, 6) is 0.335. The molecule has 1 aromatic carbocycles. The predicted octanol–water partition coefficient (Wildman–Crippen LogP) is 2.21. The Hall–Kier alpha value is -1.39. The predicted molar refractivity (Wildman–Crippen MR) is 81.1 cm³/mol. The van der Waals surface area contributed by atoms with Crippen molar-refractivity contribution >= 4 is 5.91 Å². The molecule has 0 aromatic heterocycles. The van der Waals surface area contributed by atoms with E-state index in [0.29, 0.717) is 32.7 Å². The third-order valence-corrected chi connectivity index (χ3v) is 3.44. The molecule has 0 saturated carbocycles. The van der Waals surface area contributed by atoms with Crippen LogP contribution in [0.1, 0.15) is 37.8 Å².